The number of aromatic amines is 1. The maximum atomic E-state index is 13.5. The molecule has 2 heterocycles. The van der Waals surface area contributed by atoms with Crippen LogP contribution in [-0.2, 0) is 11.2 Å². The van der Waals surface area contributed by atoms with Crippen molar-refractivity contribution >= 4 is 28.6 Å². The number of hydrogen-bond donors (Lipinski definition) is 4. The van der Waals surface area contributed by atoms with Crippen molar-refractivity contribution in [3.05, 3.63) is 59.7 Å². The Morgan fingerprint density at radius 3 is 2.83 bits per heavy atom. The highest BCUT2D eigenvalue weighted by Crippen LogP contribution is 2.19. The van der Waals surface area contributed by atoms with E-state index in [9.17, 15) is 9.18 Å². The number of halogens is 1. The van der Waals surface area contributed by atoms with Gasteiger partial charge in [0.1, 0.15) is 11.6 Å². The van der Waals surface area contributed by atoms with Gasteiger partial charge in [0.2, 0.25) is 5.91 Å². The first-order chi connectivity index (χ1) is 14.0. The van der Waals surface area contributed by atoms with Crippen molar-refractivity contribution in [2.24, 2.45) is 4.99 Å². The van der Waals surface area contributed by atoms with Gasteiger partial charge in [-0.1, -0.05) is 6.07 Å². The van der Waals surface area contributed by atoms with Gasteiger partial charge in [0.15, 0.2) is 5.96 Å². The molecular weight excluding hydrogens is 371 g/mol. The highest BCUT2D eigenvalue weighted by atomic mass is 19.1. The van der Waals surface area contributed by atoms with Crippen molar-refractivity contribution in [3.63, 3.8) is 0 Å². The molecule has 4 N–H and O–H groups in total. The number of benzene rings is 1. The maximum absolute atomic E-state index is 13.5. The molecule has 7 nitrogen and oxygen atoms in total. The van der Waals surface area contributed by atoms with Gasteiger partial charge in [0, 0.05) is 49.4 Å². The summed E-state index contributed by atoms with van der Waals surface area (Å²) >= 11 is 0. The number of amides is 1. The molecule has 29 heavy (non-hydrogen) atoms. The summed E-state index contributed by atoms with van der Waals surface area (Å²) in [4.78, 5) is 23.6. The predicted octanol–water partition coefficient (Wildman–Crippen LogP) is 2.75. The number of aliphatic imine (C=N–C) groups is 1. The highest BCUT2D eigenvalue weighted by molar-refractivity contribution is 5.90. The van der Waals surface area contributed by atoms with Gasteiger partial charge < -0.3 is 20.9 Å². The average molecular weight is 396 g/mol. The SMILES string of the molecule is CN=C(NCCC(=O)Nc1cccc(C)n1)NCCc1c[nH]c2ccc(F)cc12. The minimum atomic E-state index is -0.247. The second-order valence-corrected chi connectivity index (χ2v) is 6.64. The lowest BCUT2D eigenvalue weighted by Gasteiger charge is -2.12. The number of H-pyrrole nitrogens is 1. The average Bonchev–Trinajstić information content (AvgIpc) is 3.09. The van der Waals surface area contributed by atoms with E-state index < -0.39 is 0 Å². The predicted molar refractivity (Wildman–Crippen MR) is 114 cm³/mol. The second-order valence-electron chi connectivity index (χ2n) is 6.64. The molecule has 8 heteroatoms. The zero-order valence-corrected chi connectivity index (χ0v) is 16.6. The minimum Gasteiger partial charge on any atom is -0.361 e. The smallest absolute Gasteiger partial charge is 0.227 e. The van der Waals surface area contributed by atoms with Crippen LogP contribution in [0.2, 0.25) is 0 Å². The van der Waals surface area contributed by atoms with Gasteiger partial charge in [-0.2, -0.15) is 0 Å². The largest absolute Gasteiger partial charge is 0.361 e. The third kappa shape index (κ3) is 5.78. The number of rotatable bonds is 7. The Bertz CT molecular complexity index is 1010. The number of guanidine groups is 1. The van der Waals surface area contributed by atoms with Crippen LogP contribution in [0.3, 0.4) is 0 Å². The molecule has 2 aromatic heterocycles. The first kappa shape index (κ1) is 20.3. The summed E-state index contributed by atoms with van der Waals surface area (Å²) in [5.74, 6) is 0.792. The van der Waals surface area contributed by atoms with E-state index in [1.54, 1.807) is 19.2 Å². The first-order valence-electron chi connectivity index (χ1n) is 9.48. The topological polar surface area (TPSA) is 94.2 Å². The van der Waals surface area contributed by atoms with Crippen LogP contribution >= 0.6 is 0 Å². The van der Waals surface area contributed by atoms with E-state index in [0.717, 1.165) is 22.2 Å². The van der Waals surface area contributed by atoms with Crippen molar-refractivity contribution < 1.29 is 9.18 Å². The molecule has 1 amide bonds. The maximum Gasteiger partial charge on any atom is 0.227 e. The summed E-state index contributed by atoms with van der Waals surface area (Å²) in [5.41, 5.74) is 2.80. The fourth-order valence-electron chi connectivity index (χ4n) is 3.01. The minimum absolute atomic E-state index is 0.119. The molecule has 0 unspecified atom stereocenters. The summed E-state index contributed by atoms with van der Waals surface area (Å²) in [6, 6.07) is 10.2. The Morgan fingerprint density at radius 1 is 1.21 bits per heavy atom. The summed E-state index contributed by atoms with van der Waals surface area (Å²) < 4.78 is 13.5. The second kappa shape index (κ2) is 9.68. The quantitative estimate of drug-likeness (QED) is 0.365. The van der Waals surface area contributed by atoms with Gasteiger partial charge in [0.25, 0.3) is 0 Å². The summed E-state index contributed by atoms with van der Waals surface area (Å²) in [5, 5.41) is 9.98. The van der Waals surface area contributed by atoms with Crippen molar-refractivity contribution in [2.75, 3.05) is 25.5 Å². The monoisotopic (exact) mass is 396 g/mol. The number of carbonyl (C=O) groups excluding carboxylic acids is 1. The molecule has 0 atom stereocenters. The zero-order valence-electron chi connectivity index (χ0n) is 16.6. The Balaban J connectivity index is 1.41. The van der Waals surface area contributed by atoms with Crippen LogP contribution in [0.15, 0.2) is 47.6 Å². The molecule has 152 valence electrons. The van der Waals surface area contributed by atoms with Gasteiger partial charge in [-0.25, -0.2) is 9.37 Å². The van der Waals surface area contributed by atoms with E-state index in [1.807, 2.05) is 25.3 Å². The fourth-order valence-corrected chi connectivity index (χ4v) is 3.01. The highest BCUT2D eigenvalue weighted by Gasteiger charge is 2.07. The number of carbonyl (C=O) groups is 1. The molecule has 0 radical (unpaired) electrons. The van der Waals surface area contributed by atoms with E-state index >= 15 is 0 Å². The Hall–Kier alpha value is -3.42. The molecule has 0 spiro atoms. The fraction of sp³-hybridized carbons (Fsp3) is 0.286. The van der Waals surface area contributed by atoms with E-state index in [-0.39, 0.29) is 18.1 Å². The number of aryl methyl sites for hydroxylation is 1. The number of hydrogen-bond acceptors (Lipinski definition) is 3. The molecule has 0 saturated carbocycles. The van der Waals surface area contributed by atoms with E-state index in [0.29, 0.717) is 31.3 Å². The summed E-state index contributed by atoms with van der Waals surface area (Å²) in [7, 11) is 1.67. The normalized spacial score (nSPS) is 11.5. The van der Waals surface area contributed by atoms with Crippen LogP contribution in [0.25, 0.3) is 10.9 Å². The van der Waals surface area contributed by atoms with E-state index in [2.05, 4.69) is 30.9 Å². The van der Waals surface area contributed by atoms with Crippen LogP contribution in [0.5, 0.6) is 0 Å². The number of pyridine rings is 1. The molecular formula is C21H25FN6O. The van der Waals surface area contributed by atoms with E-state index in [4.69, 9.17) is 0 Å². The standard InChI is InChI=1S/C21H25FN6O/c1-14-4-3-5-19(27-14)28-20(29)9-11-25-21(23-2)24-10-8-15-13-26-18-7-6-16(22)12-17(15)18/h3-7,12-13,26H,8-11H2,1-2H3,(H2,23,24,25)(H,27,28,29). The summed E-state index contributed by atoms with van der Waals surface area (Å²) in [6.45, 7) is 2.94. The van der Waals surface area contributed by atoms with Crippen LogP contribution in [0, 0.1) is 12.7 Å². The number of aromatic nitrogens is 2. The van der Waals surface area contributed by atoms with Crippen molar-refractivity contribution in [2.45, 2.75) is 19.8 Å². The van der Waals surface area contributed by atoms with Gasteiger partial charge >= 0.3 is 0 Å². The third-order valence-corrected chi connectivity index (χ3v) is 4.44. The molecule has 3 aromatic rings. The van der Waals surface area contributed by atoms with Crippen molar-refractivity contribution in [3.8, 4) is 0 Å². The van der Waals surface area contributed by atoms with Crippen LogP contribution in [0.4, 0.5) is 10.2 Å². The molecule has 0 aliphatic carbocycles. The van der Waals surface area contributed by atoms with Gasteiger partial charge in [-0.15, -0.1) is 0 Å². The number of nitrogens with one attached hydrogen (secondary N) is 4. The lowest BCUT2D eigenvalue weighted by molar-refractivity contribution is -0.116. The lowest BCUT2D eigenvalue weighted by Crippen LogP contribution is -2.39. The van der Waals surface area contributed by atoms with Crippen LogP contribution < -0.4 is 16.0 Å². The molecule has 1 aromatic carbocycles. The first-order valence-corrected chi connectivity index (χ1v) is 9.48. The van der Waals surface area contributed by atoms with Gasteiger partial charge in [-0.3, -0.25) is 9.79 Å². The van der Waals surface area contributed by atoms with Crippen molar-refractivity contribution in [1.29, 1.82) is 0 Å². The number of fused-ring (bicyclic) bond motifs is 1. The summed E-state index contributed by atoms with van der Waals surface area (Å²) in [6.07, 6.45) is 2.90. The van der Waals surface area contributed by atoms with Gasteiger partial charge in [-0.05, 0) is 49.2 Å². The Labute approximate surface area is 168 Å². The van der Waals surface area contributed by atoms with Crippen molar-refractivity contribution in [1.82, 2.24) is 20.6 Å². The Kier molecular flexibility index (Phi) is 6.78. The van der Waals surface area contributed by atoms with Crippen LogP contribution in [0.1, 0.15) is 17.7 Å². The lowest BCUT2D eigenvalue weighted by atomic mass is 10.1. The molecule has 0 aliphatic rings. The zero-order chi connectivity index (χ0) is 20.6. The molecule has 0 aliphatic heterocycles. The third-order valence-electron chi connectivity index (χ3n) is 4.44. The van der Waals surface area contributed by atoms with Gasteiger partial charge in [0.05, 0.1) is 0 Å². The van der Waals surface area contributed by atoms with Crippen LogP contribution in [-0.4, -0.2) is 42.0 Å². The number of nitrogens with zero attached hydrogens (tertiary/aromatic N) is 2. The Morgan fingerprint density at radius 2 is 2.03 bits per heavy atom. The molecule has 0 bridgehead atoms. The molecule has 3 rings (SSSR count). The number of anilines is 1. The molecule has 0 saturated heterocycles. The molecule has 0 fully saturated rings. The van der Waals surface area contributed by atoms with E-state index in [1.165, 1.54) is 12.1 Å².